The Morgan fingerprint density at radius 3 is 2.66 bits per heavy atom. The number of anilines is 2. The van der Waals surface area contributed by atoms with Crippen molar-refractivity contribution in [1.82, 2.24) is 20.2 Å². The molecule has 3 aromatic rings. The monoisotopic (exact) mass is 392 g/mol. The third kappa shape index (κ3) is 3.38. The highest BCUT2D eigenvalue weighted by Gasteiger charge is 2.35. The highest BCUT2D eigenvalue weighted by molar-refractivity contribution is 6.06. The number of hydrogen-bond acceptors (Lipinski definition) is 7. The maximum atomic E-state index is 13.3. The molecule has 1 aliphatic heterocycles. The van der Waals surface area contributed by atoms with Crippen LogP contribution in [-0.2, 0) is 4.79 Å². The molecule has 2 aromatic carbocycles. The lowest BCUT2D eigenvalue weighted by Crippen LogP contribution is -2.31. The second-order valence-electron chi connectivity index (χ2n) is 6.44. The summed E-state index contributed by atoms with van der Waals surface area (Å²) in [6.45, 7) is 1.82. The molecule has 29 heavy (non-hydrogen) atoms. The fourth-order valence-corrected chi connectivity index (χ4v) is 3.36. The first kappa shape index (κ1) is 18.5. The molecule has 1 atom stereocenters. The molecule has 0 aliphatic carbocycles. The summed E-state index contributed by atoms with van der Waals surface area (Å²) in [7, 11) is 3.15. The van der Waals surface area contributed by atoms with Crippen LogP contribution in [0.25, 0.3) is 0 Å². The number of carbonyl (C=O) groups is 1. The van der Waals surface area contributed by atoms with Crippen molar-refractivity contribution < 1.29 is 14.3 Å². The summed E-state index contributed by atoms with van der Waals surface area (Å²) in [6, 6.07) is 14.1. The van der Waals surface area contributed by atoms with Crippen LogP contribution >= 0.6 is 0 Å². The van der Waals surface area contributed by atoms with Crippen molar-refractivity contribution >= 4 is 17.5 Å². The third-order valence-corrected chi connectivity index (χ3v) is 4.73. The summed E-state index contributed by atoms with van der Waals surface area (Å²) in [5.74, 6) is 1.40. The largest absolute Gasteiger partial charge is 0.497 e. The number of ether oxygens (including phenoxy) is 2. The van der Waals surface area contributed by atoms with Crippen LogP contribution < -0.4 is 20.1 Å². The van der Waals surface area contributed by atoms with Crippen LogP contribution in [0.1, 0.15) is 18.5 Å². The molecule has 4 rings (SSSR count). The van der Waals surface area contributed by atoms with Gasteiger partial charge in [0.25, 0.3) is 5.91 Å². The van der Waals surface area contributed by atoms with E-state index in [0.717, 1.165) is 5.56 Å². The van der Waals surface area contributed by atoms with Gasteiger partial charge in [-0.05, 0) is 41.6 Å². The number of allylic oxidation sites excluding steroid dienone is 1. The Morgan fingerprint density at radius 1 is 1.14 bits per heavy atom. The van der Waals surface area contributed by atoms with Gasteiger partial charge in [-0.15, -0.1) is 0 Å². The molecule has 0 unspecified atom stereocenters. The lowest BCUT2D eigenvalue weighted by Gasteiger charge is -2.29. The van der Waals surface area contributed by atoms with Gasteiger partial charge in [-0.25, -0.2) is 0 Å². The number of benzene rings is 2. The Bertz CT molecular complexity index is 1080. The molecule has 9 heteroatoms. The number of tetrazole rings is 1. The van der Waals surface area contributed by atoms with Crippen LogP contribution in [0.15, 0.2) is 59.8 Å². The number of rotatable bonds is 5. The molecule has 0 saturated carbocycles. The fraction of sp³-hybridized carbons (Fsp3) is 0.200. The minimum absolute atomic E-state index is 0.259. The van der Waals surface area contributed by atoms with E-state index in [1.54, 1.807) is 25.0 Å². The fourth-order valence-electron chi connectivity index (χ4n) is 3.36. The summed E-state index contributed by atoms with van der Waals surface area (Å²) in [5, 5.41) is 17.9. The maximum Gasteiger partial charge on any atom is 0.255 e. The second kappa shape index (κ2) is 7.63. The first-order valence-corrected chi connectivity index (χ1v) is 8.96. The molecule has 0 radical (unpaired) electrons. The van der Waals surface area contributed by atoms with Crippen molar-refractivity contribution in [2.24, 2.45) is 0 Å². The van der Waals surface area contributed by atoms with Gasteiger partial charge in [-0.1, -0.05) is 23.3 Å². The Morgan fingerprint density at radius 2 is 1.93 bits per heavy atom. The number of para-hydroxylation sites is 1. The Labute approximate surface area is 167 Å². The molecule has 2 heterocycles. The molecule has 1 aliphatic rings. The van der Waals surface area contributed by atoms with Crippen molar-refractivity contribution in [1.29, 1.82) is 0 Å². The number of nitrogens with zero attached hydrogens (tertiary/aromatic N) is 4. The van der Waals surface area contributed by atoms with Crippen molar-refractivity contribution in [2.75, 3.05) is 24.9 Å². The quantitative estimate of drug-likeness (QED) is 0.688. The highest BCUT2D eigenvalue weighted by Crippen LogP contribution is 2.40. The van der Waals surface area contributed by atoms with E-state index in [0.29, 0.717) is 34.4 Å². The first-order chi connectivity index (χ1) is 14.1. The van der Waals surface area contributed by atoms with Gasteiger partial charge in [0.2, 0.25) is 5.95 Å². The van der Waals surface area contributed by atoms with Gasteiger partial charge >= 0.3 is 0 Å². The number of amides is 1. The minimum Gasteiger partial charge on any atom is -0.497 e. The van der Waals surface area contributed by atoms with Gasteiger partial charge in [0.1, 0.15) is 17.5 Å². The van der Waals surface area contributed by atoms with Gasteiger partial charge in [0.05, 0.1) is 19.8 Å². The van der Waals surface area contributed by atoms with Gasteiger partial charge in [0, 0.05) is 23.0 Å². The molecule has 2 N–H and O–H groups in total. The van der Waals surface area contributed by atoms with Crippen LogP contribution in [0.4, 0.5) is 11.6 Å². The predicted octanol–water partition coefficient (Wildman–Crippen LogP) is 2.62. The standard InChI is InChI=1S/C20H20N6O3/c1-12-17(19(27)22-13-7-5-4-6-8-13)18(26-20(21-12)23-24-25-26)15-10-9-14(28-2)11-16(15)29-3/h4-11,18H,1-3H3,(H,22,27)(H,21,23,25)/t18-/m1/s1. The zero-order valence-corrected chi connectivity index (χ0v) is 16.2. The average molecular weight is 392 g/mol. The zero-order chi connectivity index (χ0) is 20.4. The van der Waals surface area contributed by atoms with Crippen LogP contribution in [0.5, 0.6) is 11.5 Å². The Balaban J connectivity index is 1.82. The van der Waals surface area contributed by atoms with Gasteiger partial charge in [-0.2, -0.15) is 4.68 Å². The molecule has 0 spiro atoms. The number of methoxy groups -OCH3 is 2. The van der Waals surface area contributed by atoms with Gasteiger partial charge < -0.3 is 20.1 Å². The molecule has 148 valence electrons. The van der Waals surface area contributed by atoms with Gasteiger partial charge in [0.15, 0.2) is 0 Å². The van der Waals surface area contributed by atoms with E-state index in [9.17, 15) is 4.79 Å². The van der Waals surface area contributed by atoms with Crippen LogP contribution in [0.2, 0.25) is 0 Å². The molecule has 0 bridgehead atoms. The molecule has 9 nitrogen and oxygen atoms in total. The van der Waals surface area contributed by atoms with E-state index < -0.39 is 6.04 Å². The normalized spacial score (nSPS) is 15.3. The first-order valence-electron chi connectivity index (χ1n) is 8.96. The van der Waals surface area contributed by atoms with E-state index in [4.69, 9.17) is 9.47 Å². The molecule has 1 aromatic heterocycles. The summed E-state index contributed by atoms with van der Waals surface area (Å²) in [5.41, 5.74) is 2.57. The van der Waals surface area contributed by atoms with E-state index in [1.165, 1.54) is 0 Å². The molecule has 0 saturated heterocycles. The lowest BCUT2D eigenvalue weighted by atomic mass is 9.94. The Kier molecular flexibility index (Phi) is 4.86. The summed E-state index contributed by atoms with van der Waals surface area (Å²) < 4.78 is 12.4. The maximum absolute atomic E-state index is 13.3. The van der Waals surface area contributed by atoms with Crippen molar-refractivity contribution in [3.63, 3.8) is 0 Å². The van der Waals surface area contributed by atoms with Crippen LogP contribution in [0.3, 0.4) is 0 Å². The molecular weight excluding hydrogens is 372 g/mol. The average Bonchev–Trinajstić information content (AvgIpc) is 3.21. The minimum atomic E-state index is -0.578. The van der Waals surface area contributed by atoms with E-state index in [1.807, 2.05) is 49.4 Å². The zero-order valence-electron chi connectivity index (χ0n) is 16.2. The lowest BCUT2D eigenvalue weighted by molar-refractivity contribution is -0.113. The van der Waals surface area contributed by atoms with E-state index >= 15 is 0 Å². The van der Waals surface area contributed by atoms with Crippen molar-refractivity contribution in [3.8, 4) is 11.5 Å². The van der Waals surface area contributed by atoms with E-state index in [-0.39, 0.29) is 5.91 Å². The van der Waals surface area contributed by atoms with Crippen molar-refractivity contribution in [2.45, 2.75) is 13.0 Å². The number of fused-ring (bicyclic) bond motifs is 1. The molecule has 0 fully saturated rings. The highest BCUT2D eigenvalue weighted by atomic mass is 16.5. The predicted molar refractivity (Wildman–Crippen MR) is 107 cm³/mol. The topological polar surface area (TPSA) is 103 Å². The summed E-state index contributed by atoms with van der Waals surface area (Å²) in [6.07, 6.45) is 0. The third-order valence-electron chi connectivity index (χ3n) is 4.73. The SMILES string of the molecule is COc1ccc([C@@H]2C(C(=O)Nc3ccccc3)=C(C)Nc3nnnn32)c(OC)c1. The van der Waals surface area contributed by atoms with Gasteiger partial charge in [-0.3, -0.25) is 4.79 Å². The molecular formula is C20H20N6O3. The van der Waals surface area contributed by atoms with Crippen molar-refractivity contribution in [3.05, 3.63) is 65.4 Å². The molecule has 1 amide bonds. The number of carbonyl (C=O) groups excluding carboxylic acids is 1. The smallest absolute Gasteiger partial charge is 0.255 e. The number of nitrogens with one attached hydrogen (secondary N) is 2. The number of aromatic nitrogens is 4. The van der Waals surface area contributed by atoms with Crippen LogP contribution in [-0.4, -0.2) is 40.3 Å². The Hall–Kier alpha value is -3.88. The summed E-state index contributed by atoms with van der Waals surface area (Å²) in [4.78, 5) is 13.3. The summed E-state index contributed by atoms with van der Waals surface area (Å²) >= 11 is 0. The van der Waals surface area contributed by atoms with E-state index in [2.05, 4.69) is 26.2 Å². The van der Waals surface area contributed by atoms with Crippen LogP contribution in [0, 0.1) is 0 Å². The number of hydrogen-bond donors (Lipinski definition) is 2. The second-order valence-corrected chi connectivity index (χ2v) is 6.44.